The van der Waals surface area contributed by atoms with E-state index in [0.717, 1.165) is 21.7 Å². The summed E-state index contributed by atoms with van der Waals surface area (Å²) in [5.41, 5.74) is 3.88. The summed E-state index contributed by atoms with van der Waals surface area (Å²) in [6.45, 7) is 1.95. The Morgan fingerprint density at radius 3 is 2.50 bits per heavy atom. The lowest BCUT2D eigenvalue weighted by molar-refractivity contribution is -0.113. The van der Waals surface area contributed by atoms with Crippen LogP contribution in [0.4, 0.5) is 10.8 Å². The molecule has 0 spiro atoms. The van der Waals surface area contributed by atoms with Crippen LogP contribution in [0.3, 0.4) is 0 Å². The Hall–Kier alpha value is -2.84. The summed E-state index contributed by atoms with van der Waals surface area (Å²) in [7, 11) is 0. The third-order valence-electron chi connectivity index (χ3n) is 4.73. The van der Waals surface area contributed by atoms with E-state index in [0.29, 0.717) is 26.4 Å². The molecular formula is C25H19Cl2N3O2S2. The van der Waals surface area contributed by atoms with Crippen molar-refractivity contribution in [1.82, 2.24) is 4.98 Å². The molecule has 0 saturated heterocycles. The van der Waals surface area contributed by atoms with E-state index in [-0.39, 0.29) is 17.6 Å². The van der Waals surface area contributed by atoms with Crippen molar-refractivity contribution in [3.8, 4) is 11.3 Å². The van der Waals surface area contributed by atoms with E-state index in [1.165, 1.54) is 23.1 Å². The largest absolute Gasteiger partial charge is 0.322 e. The molecule has 2 N–H and O–H groups in total. The van der Waals surface area contributed by atoms with Crippen LogP contribution in [0.5, 0.6) is 0 Å². The van der Waals surface area contributed by atoms with E-state index >= 15 is 0 Å². The van der Waals surface area contributed by atoms with E-state index in [9.17, 15) is 9.59 Å². The Bertz CT molecular complexity index is 1340. The summed E-state index contributed by atoms with van der Waals surface area (Å²) in [5.74, 6) is -0.0829. The number of nitrogens with one attached hydrogen (secondary N) is 2. The maximum Gasteiger partial charge on any atom is 0.255 e. The van der Waals surface area contributed by atoms with Crippen molar-refractivity contribution < 1.29 is 9.59 Å². The number of amides is 2. The zero-order valence-corrected chi connectivity index (χ0v) is 21.1. The number of hydrogen-bond donors (Lipinski definition) is 2. The summed E-state index contributed by atoms with van der Waals surface area (Å²) >= 11 is 14.8. The zero-order chi connectivity index (χ0) is 24.1. The molecular weight excluding hydrogens is 509 g/mol. The van der Waals surface area contributed by atoms with Crippen molar-refractivity contribution >= 4 is 68.9 Å². The average molecular weight is 528 g/mol. The van der Waals surface area contributed by atoms with Crippen molar-refractivity contribution in [2.45, 2.75) is 11.8 Å². The molecule has 0 saturated carbocycles. The van der Waals surface area contributed by atoms with Gasteiger partial charge in [0, 0.05) is 27.1 Å². The normalized spacial score (nSPS) is 10.7. The fraction of sp³-hybridized carbons (Fsp3) is 0.0800. The molecule has 34 heavy (non-hydrogen) atoms. The van der Waals surface area contributed by atoms with Crippen molar-refractivity contribution in [3.63, 3.8) is 0 Å². The molecule has 5 nitrogen and oxygen atoms in total. The second kappa shape index (κ2) is 11.1. The van der Waals surface area contributed by atoms with Crippen molar-refractivity contribution in [2.24, 2.45) is 0 Å². The topological polar surface area (TPSA) is 71.1 Å². The van der Waals surface area contributed by atoms with Gasteiger partial charge in [0.2, 0.25) is 5.91 Å². The minimum atomic E-state index is -0.160. The number of hydrogen-bond acceptors (Lipinski definition) is 5. The fourth-order valence-corrected chi connectivity index (χ4v) is 4.78. The number of thiazole rings is 1. The van der Waals surface area contributed by atoms with Gasteiger partial charge in [-0.25, -0.2) is 4.98 Å². The maximum absolute atomic E-state index is 12.4. The lowest BCUT2D eigenvalue weighted by Crippen LogP contribution is -2.13. The second-order valence-corrected chi connectivity index (χ2v) is 10.1. The molecule has 4 aromatic rings. The lowest BCUT2D eigenvalue weighted by Gasteiger charge is -2.07. The molecule has 0 aliphatic carbocycles. The monoisotopic (exact) mass is 527 g/mol. The SMILES string of the molecule is Cc1cccc(C(=O)Nc2ccc(SCC(=O)Nc3nc(-c4ccc(Cl)c(Cl)c4)cs3)cc2)c1. The number of carbonyl (C=O) groups is 2. The van der Waals surface area contributed by atoms with Crippen LogP contribution in [0.2, 0.25) is 10.0 Å². The van der Waals surface area contributed by atoms with Crippen LogP contribution in [-0.2, 0) is 4.79 Å². The summed E-state index contributed by atoms with van der Waals surface area (Å²) in [6.07, 6.45) is 0. The molecule has 0 aliphatic rings. The van der Waals surface area contributed by atoms with Gasteiger partial charge in [0.15, 0.2) is 5.13 Å². The van der Waals surface area contributed by atoms with E-state index in [2.05, 4.69) is 15.6 Å². The highest BCUT2D eigenvalue weighted by molar-refractivity contribution is 8.00. The number of aromatic nitrogens is 1. The maximum atomic E-state index is 12.4. The first kappa shape index (κ1) is 24.3. The predicted molar refractivity (Wildman–Crippen MR) is 142 cm³/mol. The number of anilines is 2. The number of benzene rings is 3. The van der Waals surface area contributed by atoms with Gasteiger partial charge in [0.1, 0.15) is 0 Å². The van der Waals surface area contributed by atoms with Crippen LogP contribution in [-0.4, -0.2) is 22.6 Å². The predicted octanol–water partition coefficient (Wildman–Crippen LogP) is 7.41. The van der Waals surface area contributed by atoms with E-state index < -0.39 is 0 Å². The van der Waals surface area contributed by atoms with Crippen molar-refractivity contribution in [3.05, 3.63) is 93.3 Å². The third kappa shape index (κ3) is 6.39. The van der Waals surface area contributed by atoms with Gasteiger partial charge in [-0.05, 0) is 55.5 Å². The smallest absolute Gasteiger partial charge is 0.255 e. The highest BCUT2D eigenvalue weighted by Gasteiger charge is 2.11. The minimum Gasteiger partial charge on any atom is -0.322 e. The highest BCUT2D eigenvalue weighted by atomic mass is 35.5. The van der Waals surface area contributed by atoms with Gasteiger partial charge < -0.3 is 10.6 Å². The van der Waals surface area contributed by atoms with E-state index in [4.69, 9.17) is 23.2 Å². The molecule has 0 radical (unpaired) electrons. The quantitative estimate of drug-likeness (QED) is 0.245. The van der Waals surface area contributed by atoms with Gasteiger partial charge in [-0.1, -0.05) is 47.0 Å². The van der Waals surface area contributed by atoms with E-state index in [1.54, 1.807) is 18.2 Å². The van der Waals surface area contributed by atoms with Gasteiger partial charge in [-0.2, -0.15) is 0 Å². The lowest BCUT2D eigenvalue weighted by atomic mass is 10.1. The number of rotatable bonds is 7. The molecule has 172 valence electrons. The Kier molecular flexibility index (Phi) is 7.90. The number of thioether (sulfide) groups is 1. The Balaban J connectivity index is 1.28. The summed E-state index contributed by atoms with van der Waals surface area (Å²) in [5, 5.41) is 9.00. The summed E-state index contributed by atoms with van der Waals surface area (Å²) < 4.78 is 0. The Morgan fingerprint density at radius 1 is 0.971 bits per heavy atom. The standard InChI is InChI=1S/C25H19Cl2N3O2S2/c1-15-3-2-4-17(11-15)24(32)28-18-6-8-19(9-7-18)33-14-23(31)30-25-29-22(13-34-25)16-5-10-20(26)21(27)12-16/h2-13H,14H2,1H3,(H,28,32)(H,29,30,31). The molecule has 0 atom stereocenters. The van der Waals surface area contributed by atoms with Crippen molar-refractivity contribution in [1.29, 1.82) is 0 Å². The van der Waals surface area contributed by atoms with Crippen LogP contribution in [0, 0.1) is 6.92 Å². The molecule has 4 rings (SSSR count). The molecule has 1 heterocycles. The van der Waals surface area contributed by atoms with Gasteiger partial charge >= 0.3 is 0 Å². The number of nitrogens with zero attached hydrogens (tertiary/aromatic N) is 1. The Morgan fingerprint density at radius 2 is 1.76 bits per heavy atom. The van der Waals surface area contributed by atoms with E-state index in [1.807, 2.05) is 60.8 Å². The average Bonchev–Trinajstić information content (AvgIpc) is 3.29. The first-order chi connectivity index (χ1) is 16.4. The number of halogens is 2. The first-order valence-electron chi connectivity index (χ1n) is 10.2. The number of carbonyl (C=O) groups excluding carboxylic acids is 2. The second-order valence-electron chi connectivity index (χ2n) is 7.35. The summed E-state index contributed by atoms with van der Waals surface area (Å²) in [4.78, 5) is 30.1. The fourth-order valence-electron chi connectivity index (χ4n) is 3.05. The molecule has 0 bridgehead atoms. The molecule has 0 aliphatic heterocycles. The van der Waals surface area contributed by atoms with Crippen LogP contribution in [0.25, 0.3) is 11.3 Å². The number of aryl methyl sites for hydroxylation is 1. The zero-order valence-electron chi connectivity index (χ0n) is 18.0. The van der Waals surface area contributed by atoms with Crippen LogP contribution in [0.15, 0.2) is 77.0 Å². The molecule has 3 aromatic carbocycles. The highest BCUT2D eigenvalue weighted by Crippen LogP contribution is 2.30. The summed E-state index contributed by atoms with van der Waals surface area (Å²) in [6, 6.07) is 20.1. The van der Waals surface area contributed by atoms with Crippen molar-refractivity contribution in [2.75, 3.05) is 16.4 Å². The molecule has 0 fully saturated rings. The molecule has 9 heteroatoms. The van der Waals surface area contributed by atoms with Gasteiger partial charge in [0.25, 0.3) is 5.91 Å². The third-order valence-corrected chi connectivity index (χ3v) is 7.24. The van der Waals surface area contributed by atoms with Crippen LogP contribution < -0.4 is 10.6 Å². The molecule has 1 aromatic heterocycles. The Labute approximate surface area is 215 Å². The molecule has 0 unspecified atom stereocenters. The van der Waals surface area contributed by atoms with Gasteiger partial charge in [-0.3, -0.25) is 9.59 Å². The first-order valence-corrected chi connectivity index (χ1v) is 12.8. The van der Waals surface area contributed by atoms with Crippen LogP contribution >= 0.6 is 46.3 Å². The molecule has 2 amide bonds. The van der Waals surface area contributed by atoms with Gasteiger partial charge in [0.05, 0.1) is 21.5 Å². The van der Waals surface area contributed by atoms with Gasteiger partial charge in [-0.15, -0.1) is 23.1 Å². The minimum absolute atomic E-state index is 0.156. The van der Waals surface area contributed by atoms with Crippen LogP contribution in [0.1, 0.15) is 15.9 Å².